The standard InChI is InChI=1S/C16H24N6O/c1-12(10-22-6-4-20(2)5-7-22)19-16(23)13-8-14-15(17-9-13)21(3)11-18-14/h8-9,11-12H,4-7,10H2,1-3H3,(H,19,23). The summed E-state index contributed by atoms with van der Waals surface area (Å²) < 4.78 is 1.84. The van der Waals surface area contributed by atoms with E-state index >= 15 is 0 Å². The van der Waals surface area contributed by atoms with Crippen LogP contribution in [0.1, 0.15) is 17.3 Å². The number of nitrogens with zero attached hydrogens (tertiary/aromatic N) is 5. The molecular formula is C16H24N6O. The Balaban J connectivity index is 1.58. The summed E-state index contributed by atoms with van der Waals surface area (Å²) in [5.41, 5.74) is 2.08. The van der Waals surface area contributed by atoms with Gasteiger partial charge in [0.2, 0.25) is 0 Å². The third-order valence-electron chi connectivity index (χ3n) is 4.32. The number of aromatic nitrogens is 3. The highest BCUT2D eigenvalue weighted by Crippen LogP contribution is 2.11. The number of likely N-dealkylation sites (N-methyl/N-ethyl adjacent to an activating group) is 1. The quantitative estimate of drug-likeness (QED) is 0.881. The Bertz CT molecular complexity index is 689. The second kappa shape index (κ2) is 6.64. The molecule has 1 unspecified atom stereocenters. The van der Waals surface area contributed by atoms with Crippen molar-refractivity contribution in [1.82, 2.24) is 29.7 Å². The second-order valence-corrected chi connectivity index (χ2v) is 6.40. The number of amides is 1. The molecule has 7 heteroatoms. The molecule has 0 aromatic carbocycles. The number of carbonyl (C=O) groups is 1. The average molecular weight is 316 g/mol. The number of hydrogen-bond acceptors (Lipinski definition) is 5. The SMILES string of the molecule is CC(CN1CCN(C)CC1)NC(=O)c1cnc2c(c1)ncn2C. The number of fused-ring (bicyclic) bond motifs is 1. The molecule has 2 aromatic heterocycles. The number of aryl methyl sites for hydroxylation is 1. The van der Waals surface area contributed by atoms with Gasteiger partial charge in [-0.15, -0.1) is 0 Å². The number of carbonyl (C=O) groups excluding carboxylic acids is 1. The minimum Gasteiger partial charge on any atom is -0.348 e. The van der Waals surface area contributed by atoms with E-state index in [9.17, 15) is 4.79 Å². The van der Waals surface area contributed by atoms with Crippen molar-refractivity contribution in [3.8, 4) is 0 Å². The summed E-state index contributed by atoms with van der Waals surface area (Å²) in [7, 11) is 4.03. The molecule has 1 aliphatic rings. The first-order chi connectivity index (χ1) is 11.0. The molecule has 7 nitrogen and oxygen atoms in total. The van der Waals surface area contributed by atoms with Crippen LogP contribution in [-0.2, 0) is 7.05 Å². The zero-order chi connectivity index (χ0) is 16.4. The lowest BCUT2D eigenvalue weighted by molar-refractivity contribution is 0.0914. The van der Waals surface area contributed by atoms with Gasteiger partial charge in [0.25, 0.3) is 5.91 Å². The van der Waals surface area contributed by atoms with E-state index in [0.717, 1.165) is 43.9 Å². The lowest BCUT2D eigenvalue weighted by atomic mass is 10.2. The molecule has 0 spiro atoms. The van der Waals surface area contributed by atoms with E-state index in [1.165, 1.54) is 0 Å². The number of nitrogens with one attached hydrogen (secondary N) is 1. The summed E-state index contributed by atoms with van der Waals surface area (Å²) in [6.45, 7) is 7.19. The van der Waals surface area contributed by atoms with Gasteiger partial charge in [0.15, 0.2) is 5.65 Å². The molecule has 0 saturated carbocycles. The smallest absolute Gasteiger partial charge is 0.253 e. The molecule has 124 valence electrons. The van der Waals surface area contributed by atoms with Gasteiger partial charge >= 0.3 is 0 Å². The molecule has 23 heavy (non-hydrogen) atoms. The van der Waals surface area contributed by atoms with Crippen molar-refractivity contribution in [2.45, 2.75) is 13.0 Å². The molecule has 3 rings (SSSR count). The van der Waals surface area contributed by atoms with Gasteiger partial charge in [0, 0.05) is 52.0 Å². The Morgan fingerprint density at radius 2 is 2.00 bits per heavy atom. The Hall–Kier alpha value is -1.99. The largest absolute Gasteiger partial charge is 0.348 e. The molecule has 1 atom stereocenters. The number of rotatable bonds is 4. The van der Waals surface area contributed by atoms with Gasteiger partial charge in [-0.2, -0.15) is 0 Å². The molecule has 0 radical (unpaired) electrons. The predicted molar refractivity (Wildman–Crippen MR) is 89.4 cm³/mol. The number of pyridine rings is 1. The van der Waals surface area contributed by atoms with Gasteiger partial charge in [0.05, 0.1) is 11.9 Å². The van der Waals surface area contributed by atoms with E-state index in [4.69, 9.17) is 0 Å². The zero-order valence-electron chi connectivity index (χ0n) is 14.0. The lowest BCUT2D eigenvalue weighted by Crippen LogP contribution is -2.49. The zero-order valence-corrected chi connectivity index (χ0v) is 14.0. The molecule has 1 amide bonds. The third kappa shape index (κ3) is 3.68. The Labute approximate surface area is 136 Å². The summed E-state index contributed by atoms with van der Waals surface area (Å²) >= 11 is 0. The van der Waals surface area contributed by atoms with Crippen molar-refractivity contribution in [1.29, 1.82) is 0 Å². The molecule has 2 aromatic rings. The fraction of sp³-hybridized carbons (Fsp3) is 0.562. The van der Waals surface area contributed by atoms with Crippen molar-refractivity contribution in [2.75, 3.05) is 39.8 Å². The Morgan fingerprint density at radius 1 is 1.26 bits per heavy atom. The molecule has 1 saturated heterocycles. The average Bonchev–Trinajstić information content (AvgIpc) is 2.90. The topological polar surface area (TPSA) is 66.3 Å². The van der Waals surface area contributed by atoms with Gasteiger partial charge in [-0.1, -0.05) is 0 Å². The highest BCUT2D eigenvalue weighted by molar-refractivity contribution is 5.96. The van der Waals surface area contributed by atoms with E-state index in [1.54, 1.807) is 18.6 Å². The van der Waals surface area contributed by atoms with Gasteiger partial charge in [0.1, 0.15) is 5.52 Å². The monoisotopic (exact) mass is 316 g/mol. The van der Waals surface area contributed by atoms with Gasteiger partial charge < -0.3 is 14.8 Å². The van der Waals surface area contributed by atoms with Crippen LogP contribution in [0.3, 0.4) is 0 Å². The van der Waals surface area contributed by atoms with Crippen LogP contribution in [-0.4, -0.2) is 76.1 Å². The first-order valence-electron chi connectivity index (χ1n) is 8.02. The van der Waals surface area contributed by atoms with Gasteiger partial charge in [-0.05, 0) is 20.0 Å². The minimum absolute atomic E-state index is 0.0910. The van der Waals surface area contributed by atoms with Crippen LogP contribution in [0.15, 0.2) is 18.6 Å². The van der Waals surface area contributed by atoms with Crippen molar-refractivity contribution >= 4 is 17.1 Å². The van der Waals surface area contributed by atoms with Crippen LogP contribution in [0.5, 0.6) is 0 Å². The van der Waals surface area contributed by atoms with E-state index in [-0.39, 0.29) is 11.9 Å². The van der Waals surface area contributed by atoms with Crippen LogP contribution < -0.4 is 5.32 Å². The van der Waals surface area contributed by atoms with E-state index in [0.29, 0.717) is 5.56 Å². The fourth-order valence-corrected chi connectivity index (χ4v) is 2.91. The Kier molecular flexibility index (Phi) is 4.58. The van der Waals surface area contributed by atoms with Crippen molar-refractivity contribution in [3.05, 3.63) is 24.2 Å². The molecule has 1 N–H and O–H groups in total. The maximum absolute atomic E-state index is 12.4. The van der Waals surface area contributed by atoms with Gasteiger partial charge in [-0.3, -0.25) is 9.69 Å². The summed E-state index contributed by atoms with van der Waals surface area (Å²) in [6.07, 6.45) is 3.32. The number of imidazole rings is 1. The summed E-state index contributed by atoms with van der Waals surface area (Å²) in [5.74, 6) is -0.0910. The van der Waals surface area contributed by atoms with Crippen molar-refractivity contribution in [3.63, 3.8) is 0 Å². The van der Waals surface area contributed by atoms with Crippen molar-refractivity contribution in [2.24, 2.45) is 7.05 Å². The molecule has 1 aliphatic heterocycles. The summed E-state index contributed by atoms with van der Waals surface area (Å²) in [5, 5.41) is 3.06. The number of piperazine rings is 1. The molecular weight excluding hydrogens is 292 g/mol. The Morgan fingerprint density at radius 3 is 2.74 bits per heavy atom. The first-order valence-corrected chi connectivity index (χ1v) is 8.02. The maximum atomic E-state index is 12.4. The summed E-state index contributed by atoms with van der Waals surface area (Å²) in [4.78, 5) is 25.7. The van der Waals surface area contributed by atoms with E-state index in [2.05, 4.69) is 32.1 Å². The van der Waals surface area contributed by atoms with Crippen LogP contribution in [0.25, 0.3) is 11.2 Å². The highest BCUT2D eigenvalue weighted by atomic mass is 16.1. The fourth-order valence-electron chi connectivity index (χ4n) is 2.91. The minimum atomic E-state index is -0.0910. The molecule has 0 bridgehead atoms. The molecule has 3 heterocycles. The normalized spacial score (nSPS) is 18.2. The number of hydrogen-bond donors (Lipinski definition) is 1. The predicted octanol–water partition coefficient (Wildman–Crippen LogP) is 0.334. The maximum Gasteiger partial charge on any atom is 0.253 e. The van der Waals surface area contributed by atoms with Crippen LogP contribution in [0.2, 0.25) is 0 Å². The molecule has 0 aliphatic carbocycles. The van der Waals surface area contributed by atoms with Crippen LogP contribution in [0, 0.1) is 0 Å². The first kappa shape index (κ1) is 15.9. The second-order valence-electron chi connectivity index (χ2n) is 6.40. The van der Waals surface area contributed by atoms with E-state index < -0.39 is 0 Å². The van der Waals surface area contributed by atoms with Crippen LogP contribution in [0.4, 0.5) is 0 Å². The van der Waals surface area contributed by atoms with Gasteiger partial charge in [-0.25, -0.2) is 9.97 Å². The van der Waals surface area contributed by atoms with Crippen molar-refractivity contribution < 1.29 is 4.79 Å². The lowest BCUT2D eigenvalue weighted by Gasteiger charge is -2.34. The van der Waals surface area contributed by atoms with Crippen LogP contribution >= 0.6 is 0 Å². The molecule has 1 fully saturated rings. The third-order valence-corrected chi connectivity index (χ3v) is 4.32. The highest BCUT2D eigenvalue weighted by Gasteiger charge is 2.18. The summed E-state index contributed by atoms with van der Waals surface area (Å²) in [6, 6.07) is 1.89. The van der Waals surface area contributed by atoms with E-state index in [1.807, 2.05) is 18.5 Å².